The van der Waals surface area contributed by atoms with Crippen molar-refractivity contribution in [2.45, 2.75) is 46.6 Å². The molecule has 0 saturated carbocycles. The zero-order valence-corrected chi connectivity index (χ0v) is 11.1. The molecule has 0 saturated heterocycles. The average molecular weight is 219 g/mol. The van der Waals surface area contributed by atoms with Crippen LogP contribution in [0.4, 0.5) is 0 Å². The first kappa shape index (κ1) is 13.2. The van der Waals surface area contributed by atoms with E-state index in [4.69, 9.17) is 0 Å². The van der Waals surface area contributed by atoms with Gasteiger partial charge in [-0.1, -0.05) is 52.0 Å². The lowest BCUT2D eigenvalue weighted by Gasteiger charge is -2.23. The first-order valence-electron chi connectivity index (χ1n) is 6.51. The SMILES string of the molecule is CCCNC(c1ccc(CC)cc1)C(C)C. The van der Waals surface area contributed by atoms with Crippen molar-refractivity contribution >= 4 is 0 Å². The molecular formula is C15H25N. The highest BCUT2D eigenvalue weighted by molar-refractivity contribution is 5.25. The molecule has 0 aromatic heterocycles. The number of hydrogen-bond donors (Lipinski definition) is 1. The third kappa shape index (κ3) is 3.64. The fourth-order valence-electron chi connectivity index (χ4n) is 2.00. The maximum Gasteiger partial charge on any atom is 0.0343 e. The molecule has 1 heteroatoms. The fraction of sp³-hybridized carbons (Fsp3) is 0.600. The Kier molecular flexibility index (Phi) is 5.54. The van der Waals surface area contributed by atoms with Gasteiger partial charge in [0.25, 0.3) is 0 Å². The van der Waals surface area contributed by atoms with Crippen LogP contribution in [0.3, 0.4) is 0 Å². The largest absolute Gasteiger partial charge is 0.310 e. The molecule has 1 nitrogen and oxygen atoms in total. The Morgan fingerprint density at radius 1 is 1.06 bits per heavy atom. The van der Waals surface area contributed by atoms with Crippen LogP contribution in [-0.4, -0.2) is 6.54 Å². The molecule has 90 valence electrons. The molecule has 0 heterocycles. The summed E-state index contributed by atoms with van der Waals surface area (Å²) in [6.07, 6.45) is 2.31. The molecular weight excluding hydrogens is 194 g/mol. The Bertz CT molecular complexity index is 287. The molecule has 0 aliphatic rings. The summed E-state index contributed by atoms with van der Waals surface area (Å²) in [5.74, 6) is 0.638. The minimum Gasteiger partial charge on any atom is -0.310 e. The number of aryl methyl sites for hydroxylation is 1. The van der Waals surface area contributed by atoms with Crippen molar-refractivity contribution in [3.05, 3.63) is 35.4 Å². The second kappa shape index (κ2) is 6.70. The quantitative estimate of drug-likeness (QED) is 0.764. The van der Waals surface area contributed by atoms with Crippen LogP contribution in [0.15, 0.2) is 24.3 Å². The lowest BCUT2D eigenvalue weighted by molar-refractivity contribution is 0.413. The maximum atomic E-state index is 3.62. The number of hydrogen-bond acceptors (Lipinski definition) is 1. The third-order valence-electron chi connectivity index (χ3n) is 3.03. The van der Waals surface area contributed by atoms with Gasteiger partial charge >= 0.3 is 0 Å². The van der Waals surface area contributed by atoms with Crippen molar-refractivity contribution in [2.75, 3.05) is 6.54 Å². The van der Waals surface area contributed by atoms with E-state index >= 15 is 0 Å². The van der Waals surface area contributed by atoms with Crippen LogP contribution < -0.4 is 5.32 Å². The van der Waals surface area contributed by atoms with E-state index in [-0.39, 0.29) is 0 Å². The molecule has 0 spiro atoms. The van der Waals surface area contributed by atoms with Gasteiger partial charge in [-0.2, -0.15) is 0 Å². The lowest BCUT2D eigenvalue weighted by atomic mass is 9.95. The molecule has 16 heavy (non-hydrogen) atoms. The fourth-order valence-corrected chi connectivity index (χ4v) is 2.00. The van der Waals surface area contributed by atoms with Crippen molar-refractivity contribution in [2.24, 2.45) is 5.92 Å². The van der Waals surface area contributed by atoms with Crippen LogP contribution in [0.25, 0.3) is 0 Å². The maximum absolute atomic E-state index is 3.62. The molecule has 1 atom stereocenters. The molecule has 1 N–H and O–H groups in total. The highest BCUT2D eigenvalue weighted by Crippen LogP contribution is 2.22. The van der Waals surface area contributed by atoms with Crippen molar-refractivity contribution in [1.82, 2.24) is 5.32 Å². The van der Waals surface area contributed by atoms with Crippen LogP contribution in [0.5, 0.6) is 0 Å². The topological polar surface area (TPSA) is 12.0 Å². The van der Waals surface area contributed by atoms with Crippen LogP contribution in [0, 0.1) is 5.92 Å². The highest BCUT2D eigenvalue weighted by Gasteiger charge is 2.14. The van der Waals surface area contributed by atoms with Gasteiger partial charge in [-0.25, -0.2) is 0 Å². The summed E-state index contributed by atoms with van der Waals surface area (Å²) >= 11 is 0. The monoisotopic (exact) mass is 219 g/mol. The third-order valence-corrected chi connectivity index (χ3v) is 3.03. The van der Waals surface area contributed by atoms with Crippen molar-refractivity contribution < 1.29 is 0 Å². The zero-order valence-electron chi connectivity index (χ0n) is 11.1. The number of nitrogens with one attached hydrogen (secondary N) is 1. The molecule has 0 aliphatic heterocycles. The minimum absolute atomic E-state index is 0.492. The van der Waals surface area contributed by atoms with Crippen LogP contribution in [0.1, 0.15) is 51.3 Å². The second-order valence-corrected chi connectivity index (χ2v) is 4.77. The number of benzene rings is 1. The van der Waals surface area contributed by atoms with Gasteiger partial charge in [0.05, 0.1) is 0 Å². The molecule has 1 rings (SSSR count). The predicted molar refractivity (Wildman–Crippen MR) is 71.7 cm³/mol. The first-order valence-corrected chi connectivity index (χ1v) is 6.51. The molecule has 0 bridgehead atoms. The van der Waals surface area contributed by atoms with E-state index in [0.717, 1.165) is 13.0 Å². The second-order valence-electron chi connectivity index (χ2n) is 4.77. The van der Waals surface area contributed by atoms with E-state index in [1.807, 2.05) is 0 Å². The normalized spacial score (nSPS) is 13.1. The Labute approximate surface area is 100 Å². The van der Waals surface area contributed by atoms with Crippen molar-refractivity contribution in [3.63, 3.8) is 0 Å². The van der Waals surface area contributed by atoms with Gasteiger partial charge in [-0.15, -0.1) is 0 Å². The van der Waals surface area contributed by atoms with Crippen LogP contribution in [-0.2, 0) is 6.42 Å². The Balaban J connectivity index is 2.75. The molecule has 1 aromatic rings. The minimum atomic E-state index is 0.492. The van der Waals surface area contributed by atoms with Gasteiger partial charge < -0.3 is 5.32 Å². The molecule has 0 aliphatic carbocycles. The summed E-state index contributed by atoms with van der Waals surface area (Å²) < 4.78 is 0. The van der Waals surface area contributed by atoms with E-state index < -0.39 is 0 Å². The molecule has 1 aromatic carbocycles. The lowest BCUT2D eigenvalue weighted by Crippen LogP contribution is -2.26. The zero-order chi connectivity index (χ0) is 12.0. The van der Waals surface area contributed by atoms with Gasteiger partial charge in [0.15, 0.2) is 0 Å². The summed E-state index contributed by atoms with van der Waals surface area (Å²) in [5.41, 5.74) is 2.84. The van der Waals surface area contributed by atoms with Crippen molar-refractivity contribution in [1.29, 1.82) is 0 Å². The van der Waals surface area contributed by atoms with Crippen molar-refractivity contribution in [3.8, 4) is 0 Å². The van der Waals surface area contributed by atoms with E-state index in [1.54, 1.807) is 0 Å². The van der Waals surface area contributed by atoms with Gasteiger partial charge in [-0.3, -0.25) is 0 Å². The molecule has 0 amide bonds. The van der Waals surface area contributed by atoms with Crippen LogP contribution in [0.2, 0.25) is 0 Å². The number of rotatable bonds is 6. The van der Waals surface area contributed by atoms with E-state index in [0.29, 0.717) is 12.0 Å². The molecule has 0 fully saturated rings. The Hall–Kier alpha value is -0.820. The predicted octanol–water partition coefficient (Wildman–Crippen LogP) is 3.95. The van der Waals surface area contributed by atoms with E-state index in [1.165, 1.54) is 17.5 Å². The van der Waals surface area contributed by atoms with E-state index in [2.05, 4.69) is 57.3 Å². The summed E-state index contributed by atoms with van der Waals surface area (Å²) in [6.45, 7) is 10.1. The smallest absolute Gasteiger partial charge is 0.0343 e. The average Bonchev–Trinajstić information content (AvgIpc) is 2.30. The summed E-state index contributed by atoms with van der Waals surface area (Å²) in [5, 5.41) is 3.62. The van der Waals surface area contributed by atoms with Gasteiger partial charge in [-0.05, 0) is 36.4 Å². The first-order chi connectivity index (χ1) is 7.69. The highest BCUT2D eigenvalue weighted by atomic mass is 14.9. The Morgan fingerprint density at radius 2 is 1.69 bits per heavy atom. The van der Waals surface area contributed by atoms with Gasteiger partial charge in [0.1, 0.15) is 0 Å². The summed E-state index contributed by atoms with van der Waals surface area (Å²) in [4.78, 5) is 0. The standard InChI is InChI=1S/C15H25N/c1-5-11-16-15(12(3)4)14-9-7-13(6-2)8-10-14/h7-10,12,15-16H,5-6,11H2,1-4H3. The Morgan fingerprint density at radius 3 is 2.12 bits per heavy atom. The van der Waals surface area contributed by atoms with Gasteiger partial charge in [0, 0.05) is 6.04 Å². The van der Waals surface area contributed by atoms with E-state index in [9.17, 15) is 0 Å². The molecule has 0 radical (unpaired) electrons. The summed E-state index contributed by atoms with van der Waals surface area (Å²) in [7, 11) is 0. The summed E-state index contributed by atoms with van der Waals surface area (Å²) in [6, 6.07) is 9.53. The molecule has 1 unspecified atom stereocenters. The van der Waals surface area contributed by atoms with Gasteiger partial charge in [0.2, 0.25) is 0 Å². The van der Waals surface area contributed by atoms with Crippen LogP contribution >= 0.6 is 0 Å².